The molecule has 1 N–H and O–H groups in total. The lowest BCUT2D eigenvalue weighted by Gasteiger charge is -2.41. The minimum Gasteiger partial charge on any atom is -0.414 e. The predicted molar refractivity (Wildman–Crippen MR) is 110 cm³/mol. The second-order valence-electron chi connectivity index (χ2n) is 8.77. The number of nitrogens with zero attached hydrogens (tertiary/aromatic N) is 1. The molecule has 1 aromatic heterocycles. The second-order valence-corrected chi connectivity index (χ2v) is 14.4. The molecule has 4 nitrogen and oxygen atoms in total. The second kappa shape index (κ2) is 6.71. The van der Waals surface area contributed by atoms with Crippen LogP contribution in [-0.2, 0) is 4.43 Å². The first-order chi connectivity index (χ1) is 11.6. The van der Waals surface area contributed by atoms with Gasteiger partial charge in [-0.2, -0.15) is 0 Å². The fraction of sp³-hybridized carbons (Fsp3) is 0.632. The minimum atomic E-state index is -1.72. The van der Waals surface area contributed by atoms with Crippen LogP contribution >= 0.6 is 15.9 Å². The third-order valence-corrected chi connectivity index (χ3v) is 11.0. The van der Waals surface area contributed by atoms with E-state index >= 15 is 0 Å². The Morgan fingerprint density at radius 2 is 1.84 bits per heavy atom. The summed E-state index contributed by atoms with van der Waals surface area (Å²) in [5.41, 5.74) is 1.91. The molecule has 1 heterocycles. The van der Waals surface area contributed by atoms with E-state index in [1.807, 2.05) is 22.8 Å². The molecule has 1 aliphatic carbocycles. The maximum Gasteiger partial charge on any atom is 0.326 e. The molecule has 0 unspecified atom stereocenters. The molecule has 25 heavy (non-hydrogen) atoms. The highest BCUT2D eigenvalue weighted by Gasteiger charge is 2.40. The molecule has 0 radical (unpaired) electrons. The van der Waals surface area contributed by atoms with Gasteiger partial charge in [0, 0.05) is 16.6 Å². The van der Waals surface area contributed by atoms with Crippen molar-refractivity contribution in [1.82, 2.24) is 9.55 Å². The van der Waals surface area contributed by atoms with Gasteiger partial charge in [-0.15, -0.1) is 0 Å². The molecule has 1 aromatic carbocycles. The summed E-state index contributed by atoms with van der Waals surface area (Å²) in [6.07, 6.45) is 4.40. The first-order valence-electron chi connectivity index (χ1n) is 9.16. The van der Waals surface area contributed by atoms with Crippen LogP contribution in [0.2, 0.25) is 18.1 Å². The van der Waals surface area contributed by atoms with Crippen LogP contribution in [0.4, 0.5) is 0 Å². The molecule has 0 amide bonds. The Bertz CT molecular complexity index is 811. The first kappa shape index (κ1) is 18.9. The minimum absolute atomic E-state index is 0.00173. The number of nitrogens with one attached hydrogen (secondary N) is 1. The summed E-state index contributed by atoms with van der Waals surface area (Å²) < 4.78 is 9.53. The van der Waals surface area contributed by atoms with Gasteiger partial charge in [0.2, 0.25) is 0 Å². The molecule has 1 saturated carbocycles. The molecule has 1 fully saturated rings. The normalized spacial score (nSPS) is 22.5. The van der Waals surface area contributed by atoms with Crippen molar-refractivity contribution >= 4 is 35.3 Å². The predicted octanol–water partition coefficient (Wildman–Crippen LogP) is 5.60. The number of hydrogen-bond donors (Lipinski definition) is 1. The summed E-state index contributed by atoms with van der Waals surface area (Å²) in [5, 5.41) is 0.240. The maximum absolute atomic E-state index is 12.5. The van der Waals surface area contributed by atoms with Gasteiger partial charge < -0.3 is 9.41 Å². The molecular weight excluding hydrogens is 396 g/mol. The van der Waals surface area contributed by atoms with E-state index < -0.39 is 8.32 Å². The van der Waals surface area contributed by atoms with E-state index in [1.165, 1.54) is 0 Å². The number of fused-ring (bicyclic) bond motifs is 1. The van der Waals surface area contributed by atoms with Crippen LogP contribution in [0.1, 0.15) is 52.5 Å². The van der Waals surface area contributed by atoms with Crippen molar-refractivity contribution in [2.45, 2.75) is 76.7 Å². The summed E-state index contributed by atoms with van der Waals surface area (Å²) in [4.78, 5) is 15.4. The Morgan fingerprint density at radius 1 is 1.20 bits per heavy atom. The number of hydrogen-bond acceptors (Lipinski definition) is 2. The third-order valence-electron chi connectivity index (χ3n) is 5.96. The molecule has 0 bridgehead atoms. The number of halogens is 1. The maximum atomic E-state index is 12.5. The van der Waals surface area contributed by atoms with Gasteiger partial charge in [0.05, 0.1) is 11.0 Å². The standard InChI is InChI=1S/C19H29BrN2O2Si/c1-19(2,3)25(4,5)24-15-9-7-14(8-10-15)22-17-12-13(20)6-11-16(17)21-18(22)23/h6,11-12,14-15H,7-10H2,1-5H3,(H,21,23)/t14-,15-. The van der Waals surface area contributed by atoms with Crippen LogP contribution in [0.5, 0.6) is 0 Å². The molecule has 6 heteroatoms. The van der Waals surface area contributed by atoms with Crippen LogP contribution in [0, 0.1) is 0 Å². The summed E-state index contributed by atoms with van der Waals surface area (Å²) in [6, 6.07) is 6.22. The van der Waals surface area contributed by atoms with Crippen molar-refractivity contribution in [1.29, 1.82) is 0 Å². The fourth-order valence-corrected chi connectivity index (χ4v) is 5.24. The molecule has 2 aromatic rings. The van der Waals surface area contributed by atoms with Crippen LogP contribution in [0.25, 0.3) is 11.0 Å². The third kappa shape index (κ3) is 3.81. The fourth-order valence-electron chi connectivity index (χ4n) is 3.47. The van der Waals surface area contributed by atoms with Crippen molar-refractivity contribution in [3.8, 4) is 0 Å². The number of aromatic amines is 1. The zero-order valence-electron chi connectivity index (χ0n) is 15.9. The van der Waals surface area contributed by atoms with E-state index in [0.717, 1.165) is 41.2 Å². The van der Waals surface area contributed by atoms with Crippen molar-refractivity contribution in [2.24, 2.45) is 0 Å². The van der Waals surface area contributed by atoms with Crippen LogP contribution in [-0.4, -0.2) is 24.0 Å². The highest BCUT2D eigenvalue weighted by Crippen LogP contribution is 2.40. The van der Waals surface area contributed by atoms with E-state index in [2.05, 4.69) is 54.8 Å². The van der Waals surface area contributed by atoms with Crippen molar-refractivity contribution in [3.63, 3.8) is 0 Å². The van der Waals surface area contributed by atoms with Gasteiger partial charge in [-0.1, -0.05) is 36.7 Å². The SMILES string of the molecule is CC(C)(C)[Si](C)(C)O[C@H]1CC[C@H](n2c(=O)[nH]c3ccc(Br)cc32)CC1. The number of H-pyrrole nitrogens is 1. The molecule has 0 saturated heterocycles. The van der Waals surface area contributed by atoms with E-state index in [1.54, 1.807) is 0 Å². The van der Waals surface area contributed by atoms with E-state index in [4.69, 9.17) is 4.43 Å². The summed E-state index contributed by atoms with van der Waals surface area (Å²) in [6.45, 7) is 11.5. The van der Waals surface area contributed by atoms with Gasteiger partial charge in [0.25, 0.3) is 0 Å². The molecule has 1 aliphatic rings. The van der Waals surface area contributed by atoms with Gasteiger partial charge in [0.15, 0.2) is 8.32 Å². The molecule has 3 rings (SSSR count). The lowest BCUT2D eigenvalue weighted by atomic mass is 9.93. The quantitative estimate of drug-likeness (QED) is 0.651. The molecule has 138 valence electrons. The monoisotopic (exact) mass is 424 g/mol. The van der Waals surface area contributed by atoms with Gasteiger partial charge in [-0.05, 0) is 62.0 Å². The van der Waals surface area contributed by atoms with Crippen LogP contribution in [0.15, 0.2) is 27.5 Å². The lowest BCUT2D eigenvalue weighted by Crippen LogP contribution is -2.45. The summed E-state index contributed by atoms with van der Waals surface area (Å²) in [5.74, 6) is 0. The van der Waals surface area contributed by atoms with Gasteiger partial charge in [-0.3, -0.25) is 4.57 Å². The Labute approximate surface area is 159 Å². The van der Waals surface area contributed by atoms with Crippen LogP contribution < -0.4 is 5.69 Å². The number of imidazole rings is 1. The zero-order chi connectivity index (χ0) is 18.4. The topological polar surface area (TPSA) is 47.0 Å². The Kier molecular flexibility index (Phi) is 5.08. The Hall–Kier alpha value is -0.853. The van der Waals surface area contributed by atoms with E-state index in [0.29, 0.717) is 6.10 Å². The summed E-state index contributed by atoms with van der Waals surface area (Å²) >= 11 is 3.52. The van der Waals surface area contributed by atoms with Crippen molar-refractivity contribution in [3.05, 3.63) is 33.2 Å². The number of rotatable bonds is 3. The zero-order valence-corrected chi connectivity index (χ0v) is 18.4. The molecule has 0 spiro atoms. The van der Waals surface area contributed by atoms with Crippen molar-refractivity contribution < 1.29 is 4.43 Å². The number of benzene rings is 1. The van der Waals surface area contributed by atoms with Crippen LogP contribution in [0.3, 0.4) is 0 Å². The smallest absolute Gasteiger partial charge is 0.326 e. The molecular formula is C19H29BrN2O2Si. The largest absolute Gasteiger partial charge is 0.414 e. The average Bonchev–Trinajstić information content (AvgIpc) is 2.82. The van der Waals surface area contributed by atoms with Crippen molar-refractivity contribution in [2.75, 3.05) is 0 Å². The highest BCUT2D eigenvalue weighted by molar-refractivity contribution is 9.10. The average molecular weight is 425 g/mol. The Balaban J connectivity index is 1.74. The Morgan fingerprint density at radius 3 is 2.44 bits per heavy atom. The van der Waals surface area contributed by atoms with Gasteiger partial charge >= 0.3 is 5.69 Å². The van der Waals surface area contributed by atoms with Gasteiger partial charge in [-0.25, -0.2) is 4.79 Å². The summed E-state index contributed by atoms with van der Waals surface area (Å²) in [7, 11) is -1.72. The highest BCUT2D eigenvalue weighted by atomic mass is 79.9. The van der Waals surface area contributed by atoms with Gasteiger partial charge in [0.1, 0.15) is 0 Å². The molecule has 0 aliphatic heterocycles. The lowest BCUT2D eigenvalue weighted by molar-refractivity contribution is 0.118. The first-order valence-corrected chi connectivity index (χ1v) is 12.9. The number of aromatic nitrogens is 2. The van der Waals surface area contributed by atoms with E-state index in [-0.39, 0.29) is 16.8 Å². The van der Waals surface area contributed by atoms with E-state index in [9.17, 15) is 4.79 Å². The molecule has 0 atom stereocenters.